The van der Waals surface area contributed by atoms with E-state index in [4.69, 9.17) is 4.74 Å². The fourth-order valence-electron chi connectivity index (χ4n) is 2.14. The van der Waals surface area contributed by atoms with Crippen molar-refractivity contribution in [3.05, 3.63) is 17.8 Å². The van der Waals surface area contributed by atoms with E-state index in [-0.39, 0.29) is 11.3 Å². The van der Waals surface area contributed by atoms with E-state index in [1.165, 1.54) is 0 Å². The molecule has 110 valence electrons. The van der Waals surface area contributed by atoms with Crippen molar-refractivity contribution in [2.45, 2.75) is 26.7 Å². The van der Waals surface area contributed by atoms with Gasteiger partial charge in [-0.2, -0.15) is 0 Å². The number of nitrogens with zero attached hydrogens (tertiary/aromatic N) is 2. The Morgan fingerprint density at radius 3 is 2.70 bits per heavy atom. The predicted octanol–water partition coefficient (Wildman–Crippen LogP) is 1.45. The summed E-state index contributed by atoms with van der Waals surface area (Å²) < 4.78 is 5.38. The first kappa shape index (κ1) is 14.7. The normalized spacial score (nSPS) is 17.5. The van der Waals surface area contributed by atoms with Gasteiger partial charge in [-0.05, 0) is 37.3 Å². The van der Waals surface area contributed by atoms with Crippen LogP contribution in [-0.2, 0) is 4.74 Å². The minimum absolute atomic E-state index is 0.192. The zero-order chi connectivity index (χ0) is 14.4. The van der Waals surface area contributed by atoms with E-state index in [1.54, 1.807) is 12.1 Å². The molecule has 1 fully saturated rings. The van der Waals surface area contributed by atoms with Gasteiger partial charge in [-0.1, -0.05) is 6.92 Å². The molecule has 1 amide bonds. The Balaban J connectivity index is 1.89. The number of amides is 1. The summed E-state index contributed by atoms with van der Waals surface area (Å²) in [4.78, 5) is 11.6. The SMILES string of the molecule is CCNC(=O)c1ccc(NCC2(C)CCOCC2)nn1. The molecule has 1 aromatic heterocycles. The summed E-state index contributed by atoms with van der Waals surface area (Å²) in [6, 6.07) is 3.48. The molecule has 0 radical (unpaired) electrons. The monoisotopic (exact) mass is 278 g/mol. The van der Waals surface area contributed by atoms with E-state index in [0.717, 1.165) is 32.6 Å². The summed E-state index contributed by atoms with van der Waals surface area (Å²) in [6.07, 6.45) is 2.09. The van der Waals surface area contributed by atoms with Crippen molar-refractivity contribution in [3.8, 4) is 0 Å². The van der Waals surface area contributed by atoms with Gasteiger partial charge in [0.25, 0.3) is 5.91 Å². The van der Waals surface area contributed by atoms with Crippen LogP contribution >= 0.6 is 0 Å². The Kier molecular flexibility index (Phi) is 4.89. The predicted molar refractivity (Wildman–Crippen MR) is 76.7 cm³/mol. The standard InChI is InChI=1S/C14H22N4O2/c1-3-15-13(19)11-4-5-12(18-17-11)16-10-14(2)6-8-20-9-7-14/h4-5H,3,6-10H2,1-2H3,(H,15,19)(H,16,18). The molecule has 0 unspecified atom stereocenters. The van der Waals surface area contributed by atoms with Gasteiger partial charge in [-0.25, -0.2) is 0 Å². The van der Waals surface area contributed by atoms with Crippen LogP contribution in [0.5, 0.6) is 0 Å². The third-order valence-corrected chi connectivity index (χ3v) is 3.63. The maximum atomic E-state index is 11.6. The number of hydrogen-bond donors (Lipinski definition) is 2. The summed E-state index contributed by atoms with van der Waals surface area (Å²) in [7, 11) is 0. The van der Waals surface area contributed by atoms with Crippen molar-refractivity contribution in [3.63, 3.8) is 0 Å². The highest BCUT2D eigenvalue weighted by atomic mass is 16.5. The van der Waals surface area contributed by atoms with E-state index >= 15 is 0 Å². The smallest absolute Gasteiger partial charge is 0.271 e. The van der Waals surface area contributed by atoms with Gasteiger partial charge in [-0.3, -0.25) is 4.79 Å². The van der Waals surface area contributed by atoms with Crippen LogP contribution in [0.25, 0.3) is 0 Å². The number of carbonyl (C=O) groups is 1. The summed E-state index contributed by atoms with van der Waals surface area (Å²) in [5.74, 6) is 0.508. The van der Waals surface area contributed by atoms with E-state index in [2.05, 4.69) is 27.8 Å². The first-order valence-corrected chi connectivity index (χ1v) is 7.06. The van der Waals surface area contributed by atoms with Gasteiger partial charge in [0.15, 0.2) is 5.69 Å². The molecule has 6 heteroatoms. The highest BCUT2D eigenvalue weighted by Gasteiger charge is 2.27. The number of nitrogens with one attached hydrogen (secondary N) is 2. The second-order valence-corrected chi connectivity index (χ2v) is 5.44. The third-order valence-electron chi connectivity index (χ3n) is 3.63. The maximum Gasteiger partial charge on any atom is 0.271 e. The summed E-state index contributed by atoms with van der Waals surface area (Å²) >= 11 is 0. The number of hydrogen-bond acceptors (Lipinski definition) is 5. The van der Waals surface area contributed by atoms with Crippen molar-refractivity contribution >= 4 is 11.7 Å². The zero-order valence-electron chi connectivity index (χ0n) is 12.1. The van der Waals surface area contributed by atoms with Crippen LogP contribution in [-0.4, -0.2) is 42.4 Å². The quantitative estimate of drug-likeness (QED) is 0.852. The van der Waals surface area contributed by atoms with Crippen molar-refractivity contribution in [2.75, 3.05) is 31.6 Å². The summed E-state index contributed by atoms with van der Waals surface area (Å²) in [5.41, 5.74) is 0.577. The van der Waals surface area contributed by atoms with Crippen LogP contribution in [0, 0.1) is 5.41 Å². The Bertz CT molecular complexity index is 441. The third kappa shape index (κ3) is 3.90. The number of carbonyl (C=O) groups excluding carboxylic acids is 1. The van der Waals surface area contributed by atoms with Crippen LogP contribution in [0.2, 0.25) is 0 Å². The Labute approximate surface area is 119 Å². The Morgan fingerprint density at radius 1 is 1.35 bits per heavy atom. The number of ether oxygens (including phenoxy) is 1. The maximum absolute atomic E-state index is 11.6. The van der Waals surface area contributed by atoms with Crippen LogP contribution < -0.4 is 10.6 Å². The first-order valence-electron chi connectivity index (χ1n) is 7.06. The molecule has 1 aromatic rings. The summed E-state index contributed by atoms with van der Waals surface area (Å²) in [6.45, 7) is 7.18. The van der Waals surface area contributed by atoms with Crippen molar-refractivity contribution in [2.24, 2.45) is 5.41 Å². The molecule has 0 saturated carbocycles. The number of aromatic nitrogens is 2. The van der Waals surface area contributed by atoms with Gasteiger partial charge in [0.2, 0.25) is 0 Å². The Morgan fingerprint density at radius 2 is 2.10 bits per heavy atom. The number of anilines is 1. The second-order valence-electron chi connectivity index (χ2n) is 5.44. The topological polar surface area (TPSA) is 76.1 Å². The van der Waals surface area contributed by atoms with Crippen LogP contribution in [0.15, 0.2) is 12.1 Å². The molecule has 2 heterocycles. The molecule has 1 aliphatic heterocycles. The molecule has 1 saturated heterocycles. The van der Waals surface area contributed by atoms with Gasteiger partial charge in [0.05, 0.1) is 0 Å². The molecule has 6 nitrogen and oxygen atoms in total. The molecule has 0 spiro atoms. The average molecular weight is 278 g/mol. The van der Waals surface area contributed by atoms with Gasteiger partial charge in [0.1, 0.15) is 5.82 Å². The molecular formula is C14H22N4O2. The summed E-state index contributed by atoms with van der Waals surface area (Å²) in [5, 5.41) is 14.0. The molecule has 2 N–H and O–H groups in total. The molecule has 0 bridgehead atoms. The molecule has 1 aliphatic rings. The fourth-order valence-corrected chi connectivity index (χ4v) is 2.14. The first-order chi connectivity index (χ1) is 9.63. The van der Waals surface area contributed by atoms with E-state index in [1.807, 2.05) is 6.92 Å². The average Bonchev–Trinajstić information content (AvgIpc) is 2.47. The molecule has 0 aliphatic carbocycles. The highest BCUT2D eigenvalue weighted by Crippen LogP contribution is 2.29. The van der Waals surface area contributed by atoms with Gasteiger partial charge in [-0.15, -0.1) is 10.2 Å². The van der Waals surface area contributed by atoms with Crippen LogP contribution in [0.3, 0.4) is 0 Å². The zero-order valence-corrected chi connectivity index (χ0v) is 12.1. The minimum Gasteiger partial charge on any atom is -0.381 e. The largest absolute Gasteiger partial charge is 0.381 e. The minimum atomic E-state index is -0.192. The van der Waals surface area contributed by atoms with E-state index in [0.29, 0.717) is 18.1 Å². The molecule has 2 rings (SSSR count). The van der Waals surface area contributed by atoms with Crippen molar-refractivity contribution in [1.29, 1.82) is 0 Å². The van der Waals surface area contributed by atoms with Gasteiger partial charge in [0, 0.05) is 26.3 Å². The van der Waals surface area contributed by atoms with Gasteiger partial charge >= 0.3 is 0 Å². The lowest BCUT2D eigenvalue weighted by atomic mass is 9.82. The van der Waals surface area contributed by atoms with Gasteiger partial charge < -0.3 is 15.4 Å². The molecule has 0 aromatic carbocycles. The lowest BCUT2D eigenvalue weighted by molar-refractivity contribution is 0.0299. The number of rotatable bonds is 5. The Hall–Kier alpha value is -1.69. The molecule has 20 heavy (non-hydrogen) atoms. The van der Waals surface area contributed by atoms with Crippen LogP contribution in [0.4, 0.5) is 5.82 Å². The fraction of sp³-hybridized carbons (Fsp3) is 0.643. The van der Waals surface area contributed by atoms with E-state index < -0.39 is 0 Å². The lowest BCUT2D eigenvalue weighted by Gasteiger charge is -2.33. The van der Waals surface area contributed by atoms with Crippen LogP contribution in [0.1, 0.15) is 37.2 Å². The van der Waals surface area contributed by atoms with E-state index in [9.17, 15) is 4.79 Å². The second kappa shape index (κ2) is 6.65. The highest BCUT2D eigenvalue weighted by molar-refractivity contribution is 5.92. The van der Waals surface area contributed by atoms with Crippen molar-refractivity contribution in [1.82, 2.24) is 15.5 Å². The van der Waals surface area contributed by atoms with Crippen molar-refractivity contribution < 1.29 is 9.53 Å². The molecular weight excluding hydrogens is 256 g/mol. The molecule has 0 atom stereocenters. The lowest BCUT2D eigenvalue weighted by Crippen LogP contribution is -2.33.